The molecule has 0 atom stereocenters. The number of rotatable bonds is 3. The van der Waals surface area contributed by atoms with Gasteiger partial charge < -0.3 is 4.74 Å². The zero-order valence-electron chi connectivity index (χ0n) is 4.66. The summed E-state index contributed by atoms with van der Waals surface area (Å²) in [6, 6.07) is -2.76. The summed E-state index contributed by atoms with van der Waals surface area (Å²) in [4.78, 5) is 9.31. The van der Waals surface area contributed by atoms with E-state index in [2.05, 4.69) is 4.74 Å². The van der Waals surface area contributed by atoms with E-state index >= 15 is 0 Å². The highest BCUT2D eigenvalue weighted by molar-refractivity contribution is 5.74. The van der Waals surface area contributed by atoms with Gasteiger partial charge in [-0.25, -0.2) is 0 Å². The third kappa shape index (κ3) is 2.46. The van der Waals surface area contributed by atoms with Crippen molar-refractivity contribution in [1.29, 1.82) is 0 Å². The first-order valence-electron chi connectivity index (χ1n) is 2.22. The average Bonchev–Trinajstić information content (AvgIpc) is 1.65. The highest BCUT2D eigenvalue weighted by Gasteiger charge is 2.40. The van der Waals surface area contributed by atoms with E-state index in [1.807, 2.05) is 0 Å². The molecule has 0 unspecified atom stereocenters. The smallest absolute Gasteiger partial charge is 0.312 e. The van der Waals surface area contributed by atoms with Gasteiger partial charge in [0, 0.05) is 0 Å². The third-order valence-corrected chi connectivity index (χ3v) is 0.554. The van der Waals surface area contributed by atoms with Crippen LogP contribution in [-0.2, 0) is 9.53 Å². The number of halogens is 3. The van der Waals surface area contributed by atoms with Crippen molar-refractivity contribution in [2.24, 2.45) is 0 Å². The van der Waals surface area contributed by atoms with Crippen LogP contribution in [0.3, 0.4) is 0 Å². The Morgan fingerprint density at radius 3 is 2.22 bits per heavy atom. The molecule has 0 N–H and O–H groups in total. The molecule has 0 amide bonds. The van der Waals surface area contributed by atoms with E-state index in [0.29, 0.717) is 0 Å². The minimum Gasteiger partial charge on any atom is -0.312 e. The lowest BCUT2D eigenvalue weighted by Gasteiger charge is -2.07. The van der Waals surface area contributed by atoms with Crippen LogP contribution in [-0.4, -0.2) is 18.8 Å². The molecule has 0 radical (unpaired) electrons. The molecule has 0 bridgehead atoms. The zero-order chi connectivity index (χ0) is 7.49. The van der Waals surface area contributed by atoms with Gasteiger partial charge >= 0.3 is 12.1 Å². The van der Waals surface area contributed by atoms with E-state index in [1.165, 1.54) is 6.92 Å². The lowest BCUT2D eigenvalue weighted by Crippen LogP contribution is -2.28. The summed E-state index contributed by atoms with van der Waals surface area (Å²) in [6.07, 6.45) is -4.26. The van der Waals surface area contributed by atoms with Crippen LogP contribution in [0, 0.1) is 0 Å². The van der Waals surface area contributed by atoms with Crippen molar-refractivity contribution >= 4 is 6.04 Å². The summed E-state index contributed by atoms with van der Waals surface area (Å²) in [5.74, 6) is 0. The van der Waals surface area contributed by atoms with Gasteiger partial charge in [0.1, 0.15) is 0 Å². The Bertz CT molecular complexity index is 112. The van der Waals surface area contributed by atoms with Crippen molar-refractivity contribution in [2.45, 2.75) is 13.0 Å². The Balaban J connectivity index is 3.85. The Morgan fingerprint density at radius 1 is 1.67 bits per heavy atom. The molecular weight excluding hydrogens is 137 g/mol. The summed E-state index contributed by atoms with van der Waals surface area (Å²) in [7, 11) is 0. The van der Waals surface area contributed by atoms with Crippen LogP contribution in [0.15, 0.2) is 0 Å². The molecule has 2 nitrogen and oxygen atoms in total. The predicted octanol–water partition coefficient (Wildman–Crippen LogP) is 1.11. The van der Waals surface area contributed by atoms with E-state index < -0.39 is 18.8 Å². The fourth-order valence-electron chi connectivity index (χ4n) is 0.238. The van der Waals surface area contributed by atoms with Crippen LogP contribution in [0.5, 0.6) is 0 Å². The second kappa shape index (κ2) is 2.82. The molecule has 0 rings (SSSR count). The SMILES string of the molecule is CCOC(F)(F)C(=O)F. The first kappa shape index (κ1) is 8.42. The van der Waals surface area contributed by atoms with Gasteiger partial charge in [-0.15, -0.1) is 0 Å². The predicted molar refractivity (Wildman–Crippen MR) is 22.7 cm³/mol. The summed E-state index contributed by atoms with van der Waals surface area (Å²) >= 11 is 0. The summed E-state index contributed by atoms with van der Waals surface area (Å²) in [6.45, 7) is 0.833. The number of alkyl halides is 2. The Hall–Kier alpha value is -0.580. The number of hydrogen-bond donors (Lipinski definition) is 0. The van der Waals surface area contributed by atoms with Crippen LogP contribution in [0.2, 0.25) is 0 Å². The molecule has 0 saturated carbocycles. The molecule has 0 aliphatic rings. The Kier molecular flexibility index (Phi) is 2.64. The second-order valence-corrected chi connectivity index (χ2v) is 1.22. The first-order valence-corrected chi connectivity index (χ1v) is 2.22. The molecule has 0 fully saturated rings. The number of ether oxygens (including phenoxy) is 1. The van der Waals surface area contributed by atoms with Crippen molar-refractivity contribution in [1.82, 2.24) is 0 Å². The molecule has 5 heteroatoms. The van der Waals surface area contributed by atoms with E-state index in [-0.39, 0.29) is 0 Å². The highest BCUT2D eigenvalue weighted by atomic mass is 19.3. The largest absolute Gasteiger partial charge is 0.448 e. The highest BCUT2D eigenvalue weighted by Crippen LogP contribution is 2.16. The topological polar surface area (TPSA) is 26.3 Å². The van der Waals surface area contributed by atoms with Crippen LogP contribution < -0.4 is 0 Å². The van der Waals surface area contributed by atoms with E-state index in [0.717, 1.165) is 0 Å². The maximum Gasteiger partial charge on any atom is 0.448 e. The quantitative estimate of drug-likeness (QED) is 0.552. The van der Waals surface area contributed by atoms with Crippen molar-refractivity contribution in [3.8, 4) is 0 Å². The second-order valence-electron chi connectivity index (χ2n) is 1.22. The lowest BCUT2D eigenvalue weighted by atomic mass is 10.6. The average molecular weight is 142 g/mol. The lowest BCUT2D eigenvalue weighted by molar-refractivity contribution is -0.236. The van der Waals surface area contributed by atoms with Gasteiger partial charge in [0.25, 0.3) is 0 Å². The Morgan fingerprint density at radius 2 is 2.11 bits per heavy atom. The summed E-state index contributed by atoms with van der Waals surface area (Å²) in [5, 5.41) is 0. The van der Waals surface area contributed by atoms with Crippen LogP contribution in [0.4, 0.5) is 13.2 Å². The van der Waals surface area contributed by atoms with E-state index in [1.54, 1.807) is 0 Å². The minimum absolute atomic E-state index is 0.400. The molecule has 0 aliphatic heterocycles. The Labute approximate surface area is 49.6 Å². The van der Waals surface area contributed by atoms with Gasteiger partial charge in [-0.2, -0.15) is 13.2 Å². The molecule has 0 aliphatic carbocycles. The van der Waals surface area contributed by atoms with Gasteiger partial charge in [-0.1, -0.05) is 0 Å². The summed E-state index contributed by atoms with van der Waals surface area (Å²) in [5.41, 5.74) is 0. The molecular formula is C4H5F3O2. The van der Waals surface area contributed by atoms with Crippen molar-refractivity contribution in [3.05, 3.63) is 0 Å². The van der Waals surface area contributed by atoms with Crippen LogP contribution >= 0.6 is 0 Å². The maximum atomic E-state index is 11.6. The minimum atomic E-state index is -4.26. The standard InChI is InChI=1S/C4H5F3O2/c1-2-9-4(6,7)3(5)8/h2H2,1H3. The fourth-order valence-corrected chi connectivity index (χ4v) is 0.238. The fraction of sp³-hybridized carbons (Fsp3) is 0.750. The monoisotopic (exact) mass is 142 g/mol. The molecule has 0 spiro atoms. The maximum absolute atomic E-state index is 11.6. The summed E-state index contributed by atoms with van der Waals surface area (Å²) < 4.78 is 37.8. The van der Waals surface area contributed by atoms with Crippen LogP contribution in [0.1, 0.15) is 6.92 Å². The molecule has 9 heavy (non-hydrogen) atoms. The van der Waals surface area contributed by atoms with Gasteiger partial charge in [0.2, 0.25) is 0 Å². The van der Waals surface area contributed by atoms with Gasteiger partial charge in [0.05, 0.1) is 6.61 Å². The van der Waals surface area contributed by atoms with Crippen molar-refractivity contribution in [3.63, 3.8) is 0 Å². The third-order valence-electron chi connectivity index (χ3n) is 0.554. The molecule has 0 saturated heterocycles. The first-order chi connectivity index (χ1) is 4.00. The normalized spacial score (nSPS) is 11.6. The number of carbonyl (C=O) groups is 1. The van der Waals surface area contributed by atoms with Gasteiger partial charge in [0.15, 0.2) is 0 Å². The van der Waals surface area contributed by atoms with Crippen molar-refractivity contribution < 1.29 is 22.7 Å². The van der Waals surface area contributed by atoms with Crippen LogP contribution in [0.25, 0.3) is 0 Å². The van der Waals surface area contributed by atoms with Gasteiger partial charge in [-0.3, -0.25) is 4.79 Å². The molecule has 0 aromatic rings. The van der Waals surface area contributed by atoms with Gasteiger partial charge in [-0.05, 0) is 6.92 Å². The number of carbonyl (C=O) groups excluding carboxylic acids is 1. The molecule has 54 valence electrons. The van der Waals surface area contributed by atoms with Crippen molar-refractivity contribution in [2.75, 3.05) is 6.61 Å². The zero-order valence-corrected chi connectivity index (χ0v) is 4.66. The number of hydrogen-bond acceptors (Lipinski definition) is 2. The molecule has 0 aromatic heterocycles. The van der Waals surface area contributed by atoms with E-state index in [9.17, 15) is 18.0 Å². The molecule has 0 aromatic carbocycles. The molecule has 0 heterocycles. The van der Waals surface area contributed by atoms with E-state index in [4.69, 9.17) is 0 Å².